The Hall–Kier alpha value is -1.32. The molecule has 0 aromatic carbocycles. The summed E-state index contributed by atoms with van der Waals surface area (Å²) < 4.78 is 9.89. The Morgan fingerprint density at radius 2 is 2.13 bits per heavy atom. The van der Waals surface area contributed by atoms with Crippen molar-refractivity contribution >= 4 is 11.9 Å². The minimum atomic E-state index is -1.13. The van der Waals surface area contributed by atoms with Crippen molar-refractivity contribution in [2.75, 3.05) is 7.11 Å². The van der Waals surface area contributed by atoms with E-state index in [1.165, 1.54) is 14.0 Å². The highest BCUT2D eigenvalue weighted by molar-refractivity contribution is 5.83. The third kappa shape index (κ3) is 2.19. The molecule has 4 heteroatoms. The molecule has 0 N–H and O–H groups in total. The number of carbonyl (C=O) groups is 2. The summed E-state index contributed by atoms with van der Waals surface area (Å²) in [6.07, 6.45) is 5.06. The van der Waals surface area contributed by atoms with E-state index in [4.69, 9.17) is 9.47 Å². The van der Waals surface area contributed by atoms with Crippen molar-refractivity contribution in [1.82, 2.24) is 0 Å². The van der Waals surface area contributed by atoms with Gasteiger partial charge in [-0.15, -0.1) is 0 Å². The van der Waals surface area contributed by atoms with Crippen molar-refractivity contribution in [3.05, 3.63) is 12.2 Å². The third-order valence-corrected chi connectivity index (χ3v) is 2.70. The van der Waals surface area contributed by atoms with E-state index >= 15 is 0 Å². The quantitative estimate of drug-likeness (QED) is 0.513. The number of esters is 2. The minimum absolute atomic E-state index is 0.150. The van der Waals surface area contributed by atoms with Crippen LogP contribution >= 0.6 is 0 Å². The van der Waals surface area contributed by atoms with Gasteiger partial charge in [-0.1, -0.05) is 19.1 Å². The van der Waals surface area contributed by atoms with Crippen molar-refractivity contribution in [2.45, 2.75) is 32.3 Å². The molecule has 1 aliphatic carbocycles. The highest BCUT2D eigenvalue weighted by atomic mass is 16.6. The molecule has 0 saturated heterocycles. The first kappa shape index (κ1) is 11.8. The molecule has 0 bridgehead atoms. The van der Waals surface area contributed by atoms with Crippen molar-refractivity contribution in [2.24, 2.45) is 5.92 Å². The second kappa shape index (κ2) is 4.47. The number of carbonyl (C=O) groups excluding carboxylic acids is 2. The first-order valence-corrected chi connectivity index (χ1v) is 4.97. The SMILES string of the molecule is COC(=O)C1(OC(C)=O)CCC=CC1C. The Morgan fingerprint density at radius 1 is 1.47 bits per heavy atom. The summed E-state index contributed by atoms with van der Waals surface area (Å²) in [6, 6.07) is 0. The van der Waals surface area contributed by atoms with E-state index in [9.17, 15) is 9.59 Å². The molecule has 0 spiro atoms. The molecule has 15 heavy (non-hydrogen) atoms. The van der Waals surface area contributed by atoms with Gasteiger partial charge in [0.1, 0.15) is 0 Å². The van der Waals surface area contributed by atoms with Crippen LogP contribution in [0.3, 0.4) is 0 Å². The maximum absolute atomic E-state index is 11.7. The minimum Gasteiger partial charge on any atom is -0.466 e. The van der Waals surface area contributed by atoms with Crippen LogP contribution in [0.5, 0.6) is 0 Å². The topological polar surface area (TPSA) is 52.6 Å². The fourth-order valence-electron chi connectivity index (χ4n) is 1.88. The molecular formula is C11H16O4. The van der Waals surface area contributed by atoms with Crippen LogP contribution in [0.2, 0.25) is 0 Å². The molecule has 0 aliphatic heterocycles. The van der Waals surface area contributed by atoms with Crippen LogP contribution in [-0.4, -0.2) is 24.6 Å². The molecule has 0 fully saturated rings. The normalized spacial score (nSPS) is 29.7. The van der Waals surface area contributed by atoms with Crippen molar-refractivity contribution in [3.8, 4) is 0 Å². The van der Waals surface area contributed by atoms with Crippen LogP contribution in [0.25, 0.3) is 0 Å². The average Bonchev–Trinajstić information content (AvgIpc) is 2.19. The average molecular weight is 212 g/mol. The van der Waals surface area contributed by atoms with Crippen LogP contribution in [0.1, 0.15) is 26.7 Å². The van der Waals surface area contributed by atoms with E-state index in [0.29, 0.717) is 12.8 Å². The molecule has 4 nitrogen and oxygen atoms in total. The van der Waals surface area contributed by atoms with E-state index in [1.54, 1.807) is 0 Å². The van der Waals surface area contributed by atoms with E-state index < -0.39 is 17.5 Å². The fourth-order valence-corrected chi connectivity index (χ4v) is 1.88. The maximum atomic E-state index is 11.7. The molecule has 2 atom stereocenters. The number of hydrogen-bond donors (Lipinski definition) is 0. The molecular weight excluding hydrogens is 196 g/mol. The Morgan fingerprint density at radius 3 is 2.60 bits per heavy atom. The molecule has 1 aliphatic rings. The number of allylic oxidation sites excluding steroid dienone is 1. The van der Waals surface area contributed by atoms with Gasteiger partial charge in [0.2, 0.25) is 5.60 Å². The van der Waals surface area contributed by atoms with E-state index in [-0.39, 0.29) is 5.92 Å². The van der Waals surface area contributed by atoms with Crippen molar-refractivity contribution in [3.63, 3.8) is 0 Å². The second-order valence-corrected chi connectivity index (χ2v) is 3.73. The molecule has 0 saturated carbocycles. The summed E-state index contributed by atoms with van der Waals surface area (Å²) in [7, 11) is 1.30. The van der Waals surface area contributed by atoms with Gasteiger partial charge in [0.05, 0.1) is 7.11 Å². The highest BCUT2D eigenvalue weighted by Crippen LogP contribution is 2.34. The largest absolute Gasteiger partial charge is 0.466 e. The van der Waals surface area contributed by atoms with E-state index in [0.717, 1.165) is 0 Å². The first-order valence-electron chi connectivity index (χ1n) is 4.97. The summed E-state index contributed by atoms with van der Waals surface area (Å²) in [6.45, 7) is 3.14. The molecule has 84 valence electrons. The molecule has 0 aromatic rings. The number of methoxy groups -OCH3 is 1. The lowest BCUT2D eigenvalue weighted by Crippen LogP contribution is -2.49. The second-order valence-electron chi connectivity index (χ2n) is 3.73. The van der Waals surface area contributed by atoms with Gasteiger partial charge in [-0.3, -0.25) is 4.79 Å². The van der Waals surface area contributed by atoms with Gasteiger partial charge in [0.15, 0.2) is 0 Å². The molecule has 0 amide bonds. The standard InChI is InChI=1S/C11H16O4/c1-8-6-4-5-7-11(8,10(13)14-3)15-9(2)12/h4,6,8H,5,7H2,1-3H3. The predicted octanol–water partition coefficient (Wildman–Crippen LogP) is 1.45. The van der Waals surface area contributed by atoms with Crippen LogP contribution in [0.4, 0.5) is 0 Å². The van der Waals surface area contributed by atoms with Gasteiger partial charge in [-0.2, -0.15) is 0 Å². The van der Waals surface area contributed by atoms with Crippen LogP contribution in [0, 0.1) is 5.92 Å². The summed E-state index contributed by atoms with van der Waals surface area (Å²) in [4.78, 5) is 22.7. The Bertz CT molecular complexity index is 295. The Kier molecular flexibility index (Phi) is 3.50. The van der Waals surface area contributed by atoms with Crippen LogP contribution in [0.15, 0.2) is 12.2 Å². The highest BCUT2D eigenvalue weighted by Gasteiger charge is 2.47. The maximum Gasteiger partial charge on any atom is 0.350 e. The smallest absolute Gasteiger partial charge is 0.350 e. The Labute approximate surface area is 89.2 Å². The zero-order valence-corrected chi connectivity index (χ0v) is 9.28. The van der Waals surface area contributed by atoms with Gasteiger partial charge in [0.25, 0.3) is 0 Å². The molecule has 1 rings (SSSR count). The zero-order chi connectivity index (χ0) is 11.5. The van der Waals surface area contributed by atoms with Gasteiger partial charge in [-0.25, -0.2) is 4.79 Å². The summed E-state index contributed by atoms with van der Waals surface area (Å²) in [5, 5.41) is 0. The molecule has 0 aromatic heterocycles. The van der Waals surface area contributed by atoms with Gasteiger partial charge in [-0.05, 0) is 6.42 Å². The number of rotatable bonds is 2. The van der Waals surface area contributed by atoms with Crippen molar-refractivity contribution in [1.29, 1.82) is 0 Å². The lowest BCUT2D eigenvalue weighted by atomic mass is 9.80. The molecule has 0 heterocycles. The van der Waals surface area contributed by atoms with E-state index in [1.807, 2.05) is 19.1 Å². The zero-order valence-electron chi connectivity index (χ0n) is 9.28. The third-order valence-electron chi connectivity index (χ3n) is 2.70. The molecule has 0 radical (unpaired) electrons. The number of ether oxygens (including phenoxy) is 2. The Balaban J connectivity index is 2.99. The van der Waals surface area contributed by atoms with E-state index in [2.05, 4.69) is 0 Å². The predicted molar refractivity (Wildman–Crippen MR) is 54.1 cm³/mol. The van der Waals surface area contributed by atoms with Crippen molar-refractivity contribution < 1.29 is 19.1 Å². The van der Waals surface area contributed by atoms with Gasteiger partial charge in [0, 0.05) is 19.3 Å². The number of hydrogen-bond acceptors (Lipinski definition) is 4. The summed E-state index contributed by atoms with van der Waals surface area (Å²) in [5.41, 5.74) is -1.13. The fraction of sp³-hybridized carbons (Fsp3) is 0.636. The summed E-state index contributed by atoms with van der Waals surface area (Å²) in [5.74, 6) is -1.08. The lowest BCUT2D eigenvalue weighted by Gasteiger charge is -2.36. The molecule has 2 unspecified atom stereocenters. The van der Waals surface area contributed by atoms with Gasteiger partial charge < -0.3 is 9.47 Å². The first-order chi connectivity index (χ1) is 7.03. The van der Waals surface area contributed by atoms with Crippen LogP contribution < -0.4 is 0 Å². The monoisotopic (exact) mass is 212 g/mol. The summed E-state index contributed by atoms with van der Waals surface area (Å²) >= 11 is 0. The van der Waals surface area contributed by atoms with Gasteiger partial charge >= 0.3 is 11.9 Å². The van der Waals surface area contributed by atoms with Crippen LogP contribution in [-0.2, 0) is 19.1 Å². The lowest BCUT2D eigenvalue weighted by molar-refractivity contribution is -0.185.